The van der Waals surface area contributed by atoms with Gasteiger partial charge in [0.15, 0.2) is 0 Å². The van der Waals surface area contributed by atoms with Gasteiger partial charge in [-0.1, -0.05) is 17.7 Å². The van der Waals surface area contributed by atoms with Gasteiger partial charge in [-0.25, -0.2) is 0 Å². The van der Waals surface area contributed by atoms with E-state index in [-0.39, 0.29) is 10.6 Å². The molecule has 0 saturated carbocycles. The Morgan fingerprint density at radius 1 is 1.32 bits per heavy atom. The predicted molar refractivity (Wildman–Crippen MR) is 83.3 cm³/mol. The summed E-state index contributed by atoms with van der Waals surface area (Å²) in [4.78, 5) is 2.23. The van der Waals surface area contributed by atoms with Gasteiger partial charge in [0.25, 0.3) is 0 Å². The molecule has 1 aromatic rings. The Morgan fingerprint density at radius 2 is 2.05 bits per heavy atom. The number of likely N-dealkylation sites (N-methyl/N-ethyl adjacent to an activating group) is 1. The van der Waals surface area contributed by atoms with Gasteiger partial charge in [-0.05, 0) is 64.0 Å². The summed E-state index contributed by atoms with van der Waals surface area (Å²) in [6.45, 7) is 1.94. The number of alkyl halides is 3. The summed E-state index contributed by atoms with van der Waals surface area (Å²) in [5.74, 6) is 0. The number of halogens is 4. The van der Waals surface area contributed by atoms with Crippen LogP contribution in [0.15, 0.2) is 18.2 Å². The normalized spacial score (nSPS) is 23.0. The van der Waals surface area contributed by atoms with Crippen LogP contribution in [0, 0.1) is 0 Å². The number of aryl methyl sites for hydroxylation is 1. The van der Waals surface area contributed by atoms with Gasteiger partial charge in [0, 0.05) is 12.1 Å². The van der Waals surface area contributed by atoms with Crippen LogP contribution < -0.4 is 5.32 Å². The van der Waals surface area contributed by atoms with E-state index >= 15 is 0 Å². The largest absolute Gasteiger partial charge is 0.417 e. The molecular formula is C16H22ClF3N2. The van der Waals surface area contributed by atoms with Gasteiger partial charge in [-0.3, -0.25) is 0 Å². The van der Waals surface area contributed by atoms with Gasteiger partial charge in [-0.15, -0.1) is 0 Å². The van der Waals surface area contributed by atoms with E-state index in [1.165, 1.54) is 12.1 Å². The second kappa shape index (κ2) is 6.77. The molecule has 1 atom stereocenters. The molecule has 0 spiro atoms. The molecule has 0 amide bonds. The molecule has 1 heterocycles. The fourth-order valence-electron chi connectivity index (χ4n) is 3.09. The van der Waals surface area contributed by atoms with E-state index in [0.29, 0.717) is 0 Å². The van der Waals surface area contributed by atoms with Crippen molar-refractivity contribution in [2.45, 2.75) is 37.4 Å². The smallest absolute Gasteiger partial charge is 0.315 e. The van der Waals surface area contributed by atoms with Crippen LogP contribution in [0.4, 0.5) is 13.2 Å². The lowest BCUT2D eigenvalue weighted by atomic mass is 9.83. The summed E-state index contributed by atoms with van der Waals surface area (Å²) >= 11 is 5.79. The van der Waals surface area contributed by atoms with Crippen molar-refractivity contribution in [2.75, 3.05) is 27.2 Å². The summed E-state index contributed by atoms with van der Waals surface area (Å²) in [5, 5.41) is 3.20. The third kappa shape index (κ3) is 3.94. The molecular weight excluding hydrogens is 313 g/mol. The maximum atomic E-state index is 12.7. The van der Waals surface area contributed by atoms with Crippen molar-refractivity contribution in [3.05, 3.63) is 34.3 Å². The van der Waals surface area contributed by atoms with Crippen molar-refractivity contribution in [2.24, 2.45) is 0 Å². The SMILES string of the molecule is CN(C)[C@@]1(CCc2ccc(C(F)(F)F)c(Cl)c2)CCCNC1. The molecule has 0 bridgehead atoms. The maximum absolute atomic E-state index is 12.7. The molecule has 22 heavy (non-hydrogen) atoms. The first-order valence-electron chi connectivity index (χ1n) is 7.48. The molecule has 1 fully saturated rings. The van der Waals surface area contributed by atoms with Crippen molar-refractivity contribution in [3.8, 4) is 0 Å². The molecule has 1 aliphatic rings. The monoisotopic (exact) mass is 334 g/mol. The van der Waals surface area contributed by atoms with Gasteiger partial charge in [0.05, 0.1) is 10.6 Å². The van der Waals surface area contributed by atoms with E-state index in [2.05, 4.69) is 24.3 Å². The van der Waals surface area contributed by atoms with Crippen LogP contribution in [-0.4, -0.2) is 37.6 Å². The van der Waals surface area contributed by atoms with Crippen LogP contribution in [0.5, 0.6) is 0 Å². The fourth-order valence-corrected chi connectivity index (χ4v) is 3.40. The quantitative estimate of drug-likeness (QED) is 0.896. The number of hydrogen-bond donors (Lipinski definition) is 1. The first-order valence-corrected chi connectivity index (χ1v) is 7.86. The highest BCUT2D eigenvalue weighted by molar-refractivity contribution is 6.31. The molecule has 0 aliphatic carbocycles. The lowest BCUT2D eigenvalue weighted by Crippen LogP contribution is -2.55. The Morgan fingerprint density at radius 3 is 2.55 bits per heavy atom. The van der Waals surface area contributed by atoms with Crippen molar-refractivity contribution in [1.29, 1.82) is 0 Å². The van der Waals surface area contributed by atoms with Gasteiger partial charge < -0.3 is 10.2 Å². The lowest BCUT2D eigenvalue weighted by molar-refractivity contribution is -0.137. The minimum Gasteiger partial charge on any atom is -0.315 e. The Bertz CT molecular complexity index is 509. The summed E-state index contributed by atoms with van der Waals surface area (Å²) in [7, 11) is 4.12. The highest BCUT2D eigenvalue weighted by atomic mass is 35.5. The number of hydrogen-bond acceptors (Lipinski definition) is 2. The van der Waals surface area contributed by atoms with E-state index in [1.807, 2.05) is 0 Å². The van der Waals surface area contributed by atoms with E-state index in [1.54, 1.807) is 0 Å². The zero-order chi connectivity index (χ0) is 16.4. The van der Waals surface area contributed by atoms with E-state index in [9.17, 15) is 13.2 Å². The van der Waals surface area contributed by atoms with Crippen LogP contribution in [0.1, 0.15) is 30.4 Å². The van der Waals surface area contributed by atoms with Gasteiger partial charge in [-0.2, -0.15) is 13.2 Å². The second-order valence-corrected chi connectivity index (χ2v) is 6.62. The number of piperidine rings is 1. The number of benzene rings is 1. The number of nitrogens with one attached hydrogen (secondary N) is 1. The minimum absolute atomic E-state index is 0.0629. The first-order chi connectivity index (χ1) is 10.2. The molecule has 124 valence electrons. The van der Waals surface area contributed by atoms with Crippen LogP contribution >= 0.6 is 11.6 Å². The Labute approximate surface area is 134 Å². The molecule has 0 radical (unpaired) electrons. The first kappa shape index (κ1) is 17.6. The van der Waals surface area contributed by atoms with E-state index in [0.717, 1.165) is 50.4 Å². The molecule has 1 saturated heterocycles. The van der Waals surface area contributed by atoms with Gasteiger partial charge in [0.2, 0.25) is 0 Å². The van der Waals surface area contributed by atoms with Crippen molar-refractivity contribution in [3.63, 3.8) is 0 Å². The number of rotatable bonds is 4. The molecule has 1 aliphatic heterocycles. The average Bonchev–Trinajstić information content (AvgIpc) is 2.44. The molecule has 0 unspecified atom stereocenters. The summed E-state index contributed by atoms with van der Waals surface area (Å²) in [6.07, 6.45) is -0.562. The zero-order valence-electron chi connectivity index (χ0n) is 12.9. The molecule has 1 aromatic carbocycles. The number of nitrogens with zero attached hydrogens (tertiary/aromatic N) is 1. The lowest BCUT2D eigenvalue weighted by Gasteiger charge is -2.43. The van der Waals surface area contributed by atoms with Gasteiger partial charge in [0.1, 0.15) is 0 Å². The topological polar surface area (TPSA) is 15.3 Å². The third-order valence-electron chi connectivity index (χ3n) is 4.62. The van der Waals surface area contributed by atoms with Gasteiger partial charge >= 0.3 is 6.18 Å². The Hall–Kier alpha value is -0.780. The highest BCUT2D eigenvalue weighted by Gasteiger charge is 2.35. The van der Waals surface area contributed by atoms with Crippen molar-refractivity contribution in [1.82, 2.24) is 10.2 Å². The second-order valence-electron chi connectivity index (χ2n) is 6.21. The van der Waals surface area contributed by atoms with Crippen LogP contribution in [0.2, 0.25) is 5.02 Å². The van der Waals surface area contributed by atoms with Crippen LogP contribution in [0.25, 0.3) is 0 Å². The third-order valence-corrected chi connectivity index (χ3v) is 4.93. The zero-order valence-corrected chi connectivity index (χ0v) is 13.7. The van der Waals surface area contributed by atoms with Crippen molar-refractivity contribution < 1.29 is 13.2 Å². The molecule has 1 N–H and O–H groups in total. The highest BCUT2D eigenvalue weighted by Crippen LogP contribution is 2.35. The summed E-state index contributed by atoms with van der Waals surface area (Å²) in [5.41, 5.74) is 0.150. The summed E-state index contributed by atoms with van der Waals surface area (Å²) in [6, 6.07) is 4.07. The molecule has 6 heteroatoms. The predicted octanol–water partition coefficient (Wildman–Crippen LogP) is 3.98. The summed E-state index contributed by atoms with van der Waals surface area (Å²) < 4.78 is 38.2. The molecule has 2 nitrogen and oxygen atoms in total. The van der Waals surface area contributed by atoms with E-state index < -0.39 is 11.7 Å². The Kier molecular flexibility index (Phi) is 5.41. The van der Waals surface area contributed by atoms with Crippen molar-refractivity contribution >= 4 is 11.6 Å². The van der Waals surface area contributed by atoms with Crippen LogP contribution in [0.3, 0.4) is 0 Å². The van der Waals surface area contributed by atoms with Crippen LogP contribution in [-0.2, 0) is 12.6 Å². The molecule has 2 rings (SSSR count). The Balaban J connectivity index is 2.09. The molecule has 0 aromatic heterocycles. The maximum Gasteiger partial charge on any atom is 0.417 e. The fraction of sp³-hybridized carbons (Fsp3) is 0.625. The van der Waals surface area contributed by atoms with E-state index in [4.69, 9.17) is 11.6 Å². The average molecular weight is 335 g/mol. The minimum atomic E-state index is -4.40. The standard InChI is InChI=1S/C16H22ClF3N2/c1-22(2)15(7-3-9-21-11-15)8-6-12-4-5-13(14(17)10-12)16(18,19)20/h4-5,10,21H,3,6-9,11H2,1-2H3/t15-/m1/s1.